The standard InChI is InChI=1S/C17H28N4O/c1-15-6-12-21(13-7-15)11-3-2-8-19-17(22)20-14-16-4-9-18-10-5-16/h4-5,9-10,15H,2-3,6-8,11-14H2,1H3,(H2,19,20,22). The molecule has 0 aliphatic carbocycles. The van der Waals surface area contributed by atoms with Crippen LogP contribution < -0.4 is 10.6 Å². The van der Waals surface area contributed by atoms with Crippen molar-refractivity contribution in [2.75, 3.05) is 26.2 Å². The van der Waals surface area contributed by atoms with Crippen LogP contribution in [0.1, 0.15) is 38.2 Å². The number of rotatable bonds is 7. The molecule has 0 radical (unpaired) electrons. The van der Waals surface area contributed by atoms with Gasteiger partial charge in [0.05, 0.1) is 0 Å². The highest BCUT2D eigenvalue weighted by Crippen LogP contribution is 2.15. The fourth-order valence-corrected chi connectivity index (χ4v) is 2.69. The van der Waals surface area contributed by atoms with E-state index in [-0.39, 0.29) is 6.03 Å². The first kappa shape index (κ1) is 16.7. The zero-order valence-electron chi connectivity index (χ0n) is 13.6. The first-order valence-electron chi connectivity index (χ1n) is 8.37. The van der Waals surface area contributed by atoms with Crippen LogP contribution in [0.2, 0.25) is 0 Å². The predicted molar refractivity (Wildman–Crippen MR) is 88.5 cm³/mol. The lowest BCUT2D eigenvalue weighted by Gasteiger charge is -2.30. The second-order valence-electron chi connectivity index (χ2n) is 6.20. The van der Waals surface area contributed by atoms with Gasteiger partial charge in [0.25, 0.3) is 0 Å². The summed E-state index contributed by atoms with van der Waals surface area (Å²) in [5.41, 5.74) is 1.06. The van der Waals surface area contributed by atoms with E-state index in [0.717, 1.165) is 37.4 Å². The quantitative estimate of drug-likeness (QED) is 0.761. The number of piperidine rings is 1. The highest BCUT2D eigenvalue weighted by Gasteiger charge is 2.14. The number of hydrogen-bond acceptors (Lipinski definition) is 3. The summed E-state index contributed by atoms with van der Waals surface area (Å²) in [6, 6.07) is 3.71. The van der Waals surface area contributed by atoms with E-state index in [0.29, 0.717) is 6.54 Å². The molecule has 2 rings (SSSR count). The van der Waals surface area contributed by atoms with Gasteiger partial charge in [-0.05, 0) is 68.9 Å². The number of urea groups is 1. The Labute approximate surface area is 133 Å². The molecule has 0 bridgehead atoms. The van der Waals surface area contributed by atoms with E-state index in [2.05, 4.69) is 27.4 Å². The molecule has 22 heavy (non-hydrogen) atoms. The van der Waals surface area contributed by atoms with Gasteiger partial charge in [0.15, 0.2) is 0 Å². The van der Waals surface area contributed by atoms with Gasteiger partial charge in [0, 0.05) is 25.5 Å². The van der Waals surface area contributed by atoms with E-state index in [1.807, 2.05) is 12.1 Å². The molecule has 1 fully saturated rings. The van der Waals surface area contributed by atoms with Crippen molar-refractivity contribution in [3.05, 3.63) is 30.1 Å². The van der Waals surface area contributed by atoms with Gasteiger partial charge in [-0.15, -0.1) is 0 Å². The molecule has 5 nitrogen and oxygen atoms in total. The molecule has 0 unspecified atom stereocenters. The molecule has 0 atom stereocenters. The van der Waals surface area contributed by atoms with Gasteiger partial charge in [-0.1, -0.05) is 6.92 Å². The first-order valence-corrected chi connectivity index (χ1v) is 8.37. The summed E-state index contributed by atoms with van der Waals surface area (Å²) in [5.74, 6) is 0.891. The normalized spacial score (nSPS) is 16.4. The minimum atomic E-state index is -0.0939. The van der Waals surface area contributed by atoms with Crippen molar-refractivity contribution in [3.63, 3.8) is 0 Å². The lowest BCUT2D eigenvalue weighted by molar-refractivity contribution is 0.189. The molecular formula is C17H28N4O. The van der Waals surface area contributed by atoms with Crippen molar-refractivity contribution in [1.82, 2.24) is 20.5 Å². The predicted octanol–water partition coefficient (Wildman–Crippen LogP) is 2.39. The molecule has 2 N–H and O–H groups in total. The molecule has 5 heteroatoms. The van der Waals surface area contributed by atoms with Crippen LogP contribution in [0.4, 0.5) is 4.79 Å². The summed E-state index contributed by atoms with van der Waals surface area (Å²) >= 11 is 0. The fraction of sp³-hybridized carbons (Fsp3) is 0.647. The van der Waals surface area contributed by atoms with E-state index >= 15 is 0 Å². The van der Waals surface area contributed by atoms with Gasteiger partial charge in [-0.25, -0.2) is 4.79 Å². The number of aromatic nitrogens is 1. The third-order valence-electron chi connectivity index (χ3n) is 4.27. The molecule has 122 valence electrons. The monoisotopic (exact) mass is 304 g/mol. The van der Waals surface area contributed by atoms with Crippen molar-refractivity contribution in [2.45, 2.75) is 39.2 Å². The minimum Gasteiger partial charge on any atom is -0.338 e. The van der Waals surface area contributed by atoms with E-state index in [1.54, 1.807) is 12.4 Å². The molecule has 1 aliphatic heterocycles. The lowest BCUT2D eigenvalue weighted by atomic mass is 9.99. The molecule has 0 aromatic carbocycles. The van der Waals surface area contributed by atoms with Crippen LogP contribution in [0.15, 0.2) is 24.5 Å². The zero-order valence-corrected chi connectivity index (χ0v) is 13.6. The highest BCUT2D eigenvalue weighted by molar-refractivity contribution is 5.73. The molecule has 0 saturated carbocycles. The molecule has 2 heterocycles. The fourth-order valence-electron chi connectivity index (χ4n) is 2.69. The van der Waals surface area contributed by atoms with Gasteiger partial charge >= 0.3 is 6.03 Å². The molecule has 0 spiro atoms. The second kappa shape index (κ2) is 9.41. The van der Waals surface area contributed by atoms with E-state index in [9.17, 15) is 4.79 Å². The Morgan fingerprint density at radius 1 is 1.23 bits per heavy atom. The third kappa shape index (κ3) is 6.43. The SMILES string of the molecule is CC1CCN(CCCCNC(=O)NCc2ccncc2)CC1. The van der Waals surface area contributed by atoms with Crippen LogP contribution in [0.3, 0.4) is 0 Å². The van der Waals surface area contributed by atoms with E-state index in [4.69, 9.17) is 0 Å². The number of pyridine rings is 1. The Balaban J connectivity index is 1.47. The second-order valence-corrected chi connectivity index (χ2v) is 6.20. The largest absolute Gasteiger partial charge is 0.338 e. The van der Waals surface area contributed by atoms with Gasteiger partial charge < -0.3 is 15.5 Å². The molecule has 1 aromatic rings. The molecule has 1 aromatic heterocycles. The van der Waals surface area contributed by atoms with Crippen LogP contribution in [-0.4, -0.2) is 42.1 Å². The zero-order chi connectivity index (χ0) is 15.6. The van der Waals surface area contributed by atoms with Crippen LogP contribution in [-0.2, 0) is 6.54 Å². The number of likely N-dealkylation sites (tertiary alicyclic amines) is 1. The van der Waals surface area contributed by atoms with Crippen molar-refractivity contribution in [2.24, 2.45) is 5.92 Å². The van der Waals surface area contributed by atoms with Crippen molar-refractivity contribution in [1.29, 1.82) is 0 Å². The lowest BCUT2D eigenvalue weighted by Crippen LogP contribution is -2.36. The van der Waals surface area contributed by atoms with Gasteiger partial charge in [0.2, 0.25) is 0 Å². The summed E-state index contributed by atoms with van der Waals surface area (Å²) < 4.78 is 0. The number of unbranched alkanes of at least 4 members (excludes halogenated alkanes) is 1. The maximum Gasteiger partial charge on any atom is 0.315 e. The minimum absolute atomic E-state index is 0.0939. The number of nitrogens with one attached hydrogen (secondary N) is 2. The summed E-state index contributed by atoms with van der Waals surface area (Å²) in [7, 11) is 0. The Bertz CT molecular complexity index is 430. The third-order valence-corrected chi connectivity index (χ3v) is 4.27. The Morgan fingerprint density at radius 3 is 2.68 bits per heavy atom. The van der Waals surface area contributed by atoms with Crippen LogP contribution in [0, 0.1) is 5.92 Å². The average molecular weight is 304 g/mol. The maximum absolute atomic E-state index is 11.7. The molecule has 2 amide bonds. The topological polar surface area (TPSA) is 57.3 Å². The van der Waals surface area contributed by atoms with Crippen LogP contribution in [0.5, 0.6) is 0 Å². The summed E-state index contributed by atoms with van der Waals surface area (Å²) in [4.78, 5) is 18.2. The molecule has 1 saturated heterocycles. The van der Waals surface area contributed by atoms with E-state index < -0.39 is 0 Å². The summed E-state index contributed by atoms with van der Waals surface area (Å²) in [6.45, 7) is 7.26. The molecule has 1 aliphatic rings. The van der Waals surface area contributed by atoms with Crippen molar-refractivity contribution >= 4 is 6.03 Å². The van der Waals surface area contributed by atoms with Crippen LogP contribution in [0.25, 0.3) is 0 Å². The van der Waals surface area contributed by atoms with E-state index in [1.165, 1.54) is 25.9 Å². The van der Waals surface area contributed by atoms with Crippen molar-refractivity contribution in [3.8, 4) is 0 Å². The Kier molecular flexibility index (Phi) is 7.16. The van der Waals surface area contributed by atoms with Gasteiger partial charge in [-0.3, -0.25) is 4.98 Å². The molecular weight excluding hydrogens is 276 g/mol. The number of amides is 2. The Hall–Kier alpha value is -1.62. The number of hydrogen-bond donors (Lipinski definition) is 2. The number of nitrogens with zero attached hydrogens (tertiary/aromatic N) is 2. The summed E-state index contributed by atoms with van der Waals surface area (Å²) in [5, 5.41) is 5.77. The smallest absolute Gasteiger partial charge is 0.315 e. The van der Waals surface area contributed by atoms with Crippen molar-refractivity contribution < 1.29 is 4.79 Å². The number of carbonyl (C=O) groups excluding carboxylic acids is 1. The highest BCUT2D eigenvalue weighted by atomic mass is 16.2. The number of carbonyl (C=O) groups is 1. The van der Waals surface area contributed by atoms with Crippen LogP contribution >= 0.6 is 0 Å². The maximum atomic E-state index is 11.7. The average Bonchev–Trinajstić information content (AvgIpc) is 2.55. The Morgan fingerprint density at radius 2 is 1.95 bits per heavy atom. The first-order chi connectivity index (χ1) is 10.7. The van der Waals surface area contributed by atoms with Gasteiger partial charge in [0.1, 0.15) is 0 Å². The summed E-state index contributed by atoms with van der Waals surface area (Å²) in [6.07, 6.45) is 8.31. The van der Waals surface area contributed by atoms with Gasteiger partial charge in [-0.2, -0.15) is 0 Å².